The molecule has 8 heteroatoms. The molecule has 0 N–H and O–H groups in total. The van der Waals surface area contributed by atoms with Gasteiger partial charge in [-0.1, -0.05) is 78.1 Å². The Morgan fingerprint density at radius 2 is 1.73 bits per heavy atom. The second-order valence-corrected chi connectivity index (χ2v) is 12.7. The number of hydrogen-bond donors (Lipinski definition) is 0. The second kappa shape index (κ2) is 12.7. The van der Waals surface area contributed by atoms with Gasteiger partial charge in [-0.2, -0.15) is 0 Å². The molecule has 0 unspecified atom stereocenters. The molecular weight excluding hydrogens is 589 g/mol. The summed E-state index contributed by atoms with van der Waals surface area (Å²) < 4.78 is 13.9. The Balaban J connectivity index is 1.32. The molecule has 0 aliphatic carbocycles. The number of ether oxygens (including phenoxy) is 2. The third-order valence-electron chi connectivity index (χ3n) is 7.47. The zero-order chi connectivity index (χ0) is 30.8. The van der Waals surface area contributed by atoms with Crippen LogP contribution in [0.5, 0.6) is 5.75 Å². The number of carbonyl (C=O) groups is 1. The molecule has 1 aromatic heterocycles. The van der Waals surface area contributed by atoms with Crippen molar-refractivity contribution in [2.75, 3.05) is 6.26 Å². The maximum atomic E-state index is 13.9. The molecule has 5 aromatic rings. The summed E-state index contributed by atoms with van der Waals surface area (Å²) in [4.78, 5) is 33.6. The van der Waals surface area contributed by atoms with Crippen LogP contribution in [0.1, 0.15) is 43.5 Å². The number of nitrogens with zero attached hydrogens (tertiary/aromatic N) is 2. The van der Waals surface area contributed by atoms with E-state index in [1.807, 2.05) is 92.9 Å². The Hall–Kier alpha value is -4.40. The van der Waals surface area contributed by atoms with Crippen molar-refractivity contribution in [3.05, 3.63) is 139 Å². The highest BCUT2D eigenvalue weighted by molar-refractivity contribution is 7.98. The molecular formula is C36H32N2O4S2. The predicted molar refractivity (Wildman–Crippen MR) is 178 cm³/mol. The Labute approximate surface area is 264 Å². The number of esters is 1. The largest absolute Gasteiger partial charge is 0.489 e. The van der Waals surface area contributed by atoms with Gasteiger partial charge in [0.2, 0.25) is 0 Å². The van der Waals surface area contributed by atoms with Gasteiger partial charge in [0.15, 0.2) is 4.80 Å². The average Bonchev–Trinajstić information content (AvgIpc) is 3.33. The Morgan fingerprint density at radius 3 is 2.45 bits per heavy atom. The van der Waals surface area contributed by atoms with Crippen LogP contribution in [0.4, 0.5) is 0 Å². The summed E-state index contributed by atoms with van der Waals surface area (Å²) in [6, 6.07) is 29.5. The number of benzene rings is 4. The summed E-state index contributed by atoms with van der Waals surface area (Å²) in [6.07, 6.45) is 3.57. The molecule has 1 aliphatic rings. The van der Waals surface area contributed by atoms with Crippen molar-refractivity contribution in [3.63, 3.8) is 0 Å². The number of carbonyl (C=O) groups excluding carboxylic acids is 1. The molecule has 0 fully saturated rings. The first-order valence-electron chi connectivity index (χ1n) is 14.4. The third-order valence-corrected chi connectivity index (χ3v) is 9.19. The summed E-state index contributed by atoms with van der Waals surface area (Å²) in [6.45, 7) is 5.88. The molecule has 0 amide bonds. The van der Waals surface area contributed by atoms with Crippen LogP contribution in [-0.2, 0) is 16.1 Å². The lowest BCUT2D eigenvalue weighted by Gasteiger charge is -2.25. The van der Waals surface area contributed by atoms with Gasteiger partial charge in [-0.15, -0.1) is 11.8 Å². The zero-order valence-corrected chi connectivity index (χ0v) is 26.6. The SMILES string of the molecule is CSc1ccc([C@H]2C(C(=O)OC(C)C)=C(C)N=c3s/c(=C\c4ccc(OCc5cccc6ccccc56)cc4)c(=O)n32)cc1. The summed E-state index contributed by atoms with van der Waals surface area (Å²) in [5.41, 5.74) is 3.54. The van der Waals surface area contributed by atoms with Gasteiger partial charge in [-0.05, 0) is 84.8 Å². The molecule has 0 spiro atoms. The van der Waals surface area contributed by atoms with Crippen molar-refractivity contribution in [1.29, 1.82) is 0 Å². The monoisotopic (exact) mass is 620 g/mol. The molecule has 0 saturated heterocycles. The molecule has 0 saturated carbocycles. The van der Waals surface area contributed by atoms with Gasteiger partial charge in [0.25, 0.3) is 5.56 Å². The van der Waals surface area contributed by atoms with Gasteiger partial charge in [0, 0.05) is 4.90 Å². The normalized spacial score (nSPS) is 14.9. The number of thiazole rings is 1. The van der Waals surface area contributed by atoms with E-state index in [2.05, 4.69) is 24.3 Å². The third kappa shape index (κ3) is 6.00. The summed E-state index contributed by atoms with van der Waals surface area (Å²) >= 11 is 2.95. The average molecular weight is 621 g/mol. The smallest absolute Gasteiger partial charge is 0.338 e. The zero-order valence-electron chi connectivity index (χ0n) is 24.9. The molecule has 2 heterocycles. The van der Waals surface area contributed by atoms with E-state index >= 15 is 0 Å². The fourth-order valence-corrected chi connectivity index (χ4v) is 6.81. The van der Waals surface area contributed by atoms with E-state index in [-0.39, 0.29) is 11.7 Å². The van der Waals surface area contributed by atoms with E-state index in [4.69, 9.17) is 14.5 Å². The maximum Gasteiger partial charge on any atom is 0.338 e. The molecule has 6 rings (SSSR count). The molecule has 44 heavy (non-hydrogen) atoms. The van der Waals surface area contributed by atoms with Crippen LogP contribution in [0.15, 0.2) is 117 Å². The number of aromatic nitrogens is 1. The summed E-state index contributed by atoms with van der Waals surface area (Å²) in [5.74, 6) is 0.280. The van der Waals surface area contributed by atoms with Crippen molar-refractivity contribution >= 4 is 45.9 Å². The molecule has 222 valence electrons. The van der Waals surface area contributed by atoms with Crippen LogP contribution < -0.4 is 19.6 Å². The minimum Gasteiger partial charge on any atom is -0.489 e. The molecule has 6 nitrogen and oxygen atoms in total. The maximum absolute atomic E-state index is 13.9. The van der Waals surface area contributed by atoms with E-state index in [0.717, 1.165) is 27.3 Å². The van der Waals surface area contributed by atoms with Crippen LogP contribution in [0, 0.1) is 0 Å². The van der Waals surface area contributed by atoms with Crippen molar-refractivity contribution in [2.24, 2.45) is 4.99 Å². The highest BCUT2D eigenvalue weighted by Crippen LogP contribution is 2.32. The van der Waals surface area contributed by atoms with Gasteiger partial charge >= 0.3 is 5.97 Å². The van der Waals surface area contributed by atoms with Crippen molar-refractivity contribution in [1.82, 2.24) is 4.57 Å². The first-order valence-corrected chi connectivity index (χ1v) is 16.4. The number of rotatable bonds is 8. The van der Waals surface area contributed by atoms with Gasteiger partial charge in [-0.25, -0.2) is 9.79 Å². The fraction of sp³-hybridized carbons (Fsp3) is 0.194. The lowest BCUT2D eigenvalue weighted by molar-refractivity contribution is -0.143. The number of fused-ring (bicyclic) bond motifs is 2. The second-order valence-electron chi connectivity index (χ2n) is 10.8. The van der Waals surface area contributed by atoms with E-state index in [9.17, 15) is 9.59 Å². The van der Waals surface area contributed by atoms with E-state index < -0.39 is 12.0 Å². The summed E-state index contributed by atoms with van der Waals surface area (Å²) in [7, 11) is 0. The highest BCUT2D eigenvalue weighted by Gasteiger charge is 2.33. The minimum absolute atomic E-state index is 0.202. The standard InChI is InChI=1S/C36H32N2O4S2/c1-22(2)42-35(40)32-23(3)37-36-38(33(32)26-14-18-29(43-4)19-15-26)34(39)31(44-36)20-24-12-16-28(17-13-24)41-21-27-10-7-9-25-8-5-6-11-30(25)27/h5-20,22,33H,21H2,1-4H3/b31-20-/t33-/m0/s1. The van der Waals surface area contributed by atoms with Gasteiger partial charge < -0.3 is 9.47 Å². The lowest BCUT2D eigenvalue weighted by atomic mass is 9.96. The molecule has 0 radical (unpaired) electrons. The Bertz CT molecular complexity index is 2050. The van der Waals surface area contributed by atoms with E-state index in [0.29, 0.717) is 27.2 Å². The van der Waals surface area contributed by atoms with Crippen molar-refractivity contribution in [3.8, 4) is 5.75 Å². The molecule has 1 aliphatic heterocycles. The van der Waals surface area contributed by atoms with Crippen LogP contribution in [0.25, 0.3) is 16.8 Å². The highest BCUT2D eigenvalue weighted by atomic mass is 32.2. The summed E-state index contributed by atoms with van der Waals surface area (Å²) in [5, 5.41) is 2.36. The van der Waals surface area contributed by atoms with Crippen LogP contribution in [0.2, 0.25) is 0 Å². The molecule has 0 bridgehead atoms. The Morgan fingerprint density at radius 1 is 1.00 bits per heavy atom. The predicted octanol–water partition coefficient (Wildman–Crippen LogP) is 6.64. The van der Waals surface area contributed by atoms with E-state index in [1.54, 1.807) is 23.3 Å². The number of hydrogen-bond acceptors (Lipinski definition) is 7. The van der Waals surface area contributed by atoms with E-state index in [1.165, 1.54) is 22.1 Å². The van der Waals surface area contributed by atoms with Crippen LogP contribution in [0.3, 0.4) is 0 Å². The van der Waals surface area contributed by atoms with Gasteiger partial charge in [0.05, 0.1) is 27.9 Å². The lowest BCUT2D eigenvalue weighted by Crippen LogP contribution is -2.40. The van der Waals surface area contributed by atoms with Gasteiger partial charge in [-0.3, -0.25) is 9.36 Å². The van der Waals surface area contributed by atoms with Crippen molar-refractivity contribution < 1.29 is 14.3 Å². The first kappa shape index (κ1) is 29.7. The fourth-order valence-electron chi connectivity index (χ4n) is 5.35. The number of allylic oxidation sites excluding steroid dienone is 1. The Kier molecular flexibility index (Phi) is 8.55. The topological polar surface area (TPSA) is 69.9 Å². The number of thioether (sulfide) groups is 1. The minimum atomic E-state index is -0.639. The quantitative estimate of drug-likeness (QED) is 0.144. The van der Waals surface area contributed by atoms with Crippen molar-refractivity contribution in [2.45, 2.75) is 44.4 Å². The first-order chi connectivity index (χ1) is 21.3. The molecule has 4 aromatic carbocycles. The molecule has 1 atom stereocenters. The van der Waals surface area contributed by atoms with Crippen LogP contribution in [-0.4, -0.2) is 22.9 Å². The van der Waals surface area contributed by atoms with Gasteiger partial charge in [0.1, 0.15) is 12.4 Å². The van der Waals surface area contributed by atoms with Crippen LogP contribution >= 0.6 is 23.1 Å².